The van der Waals surface area contributed by atoms with E-state index in [1.807, 2.05) is 0 Å². The van der Waals surface area contributed by atoms with E-state index in [-0.39, 0.29) is 0 Å². The lowest BCUT2D eigenvalue weighted by Gasteiger charge is -2.34. The molecule has 1 heterocycles. The monoisotopic (exact) mass is 240 g/mol. The summed E-state index contributed by atoms with van der Waals surface area (Å²) in [5.74, 6) is 0. The minimum atomic E-state index is 0.485. The molecule has 0 aromatic heterocycles. The zero-order valence-electron chi connectivity index (χ0n) is 11.7. The van der Waals surface area contributed by atoms with Crippen LogP contribution in [0.15, 0.2) is 0 Å². The Balaban J connectivity index is 1.74. The van der Waals surface area contributed by atoms with E-state index in [0.29, 0.717) is 17.5 Å². The minimum absolute atomic E-state index is 0.485. The maximum atomic E-state index is 5.39. The molecule has 1 saturated heterocycles. The van der Waals surface area contributed by atoms with Crippen LogP contribution >= 0.6 is 0 Å². The van der Waals surface area contributed by atoms with Crippen LogP contribution in [0.4, 0.5) is 0 Å². The fraction of sp³-hybridized carbons (Fsp3) is 1.00. The maximum absolute atomic E-state index is 5.39. The third-order valence-electron chi connectivity index (χ3n) is 4.38. The first-order chi connectivity index (χ1) is 8.08. The molecule has 1 aliphatic carbocycles. The van der Waals surface area contributed by atoms with Crippen molar-refractivity contribution < 1.29 is 4.74 Å². The summed E-state index contributed by atoms with van der Waals surface area (Å²) in [4.78, 5) is 2.52. The topological polar surface area (TPSA) is 24.5 Å². The number of hydrogen-bond acceptors (Lipinski definition) is 3. The van der Waals surface area contributed by atoms with Crippen molar-refractivity contribution in [3.05, 3.63) is 0 Å². The van der Waals surface area contributed by atoms with Gasteiger partial charge in [-0.15, -0.1) is 0 Å². The molecule has 2 rings (SSSR count). The van der Waals surface area contributed by atoms with Gasteiger partial charge in [-0.2, -0.15) is 0 Å². The molecule has 2 unspecified atom stereocenters. The van der Waals surface area contributed by atoms with E-state index in [2.05, 4.69) is 31.0 Å². The van der Waals surface area contributed by atoms with Crippen LogP contribution in [0.2, 0.25) is 0 Å². The summed E-state index contributed by atoms with van der Waals surface area (Å²) >= 11 is 0. The predicted molar refractivity (Wildman–Crippen MR) is 71.3 cm³/mol. The van der Waals surface area contributed by atoms with Crippen LogP contribution < -0.4 is 5.32 Å². The molecule has 2 fully saturated rings. The Morgan fingerprint density at radius 3 is 2.65 bits per heavy atom. The molecule has 3 nitrogen and oxygen atoms in total. The third kappa shape index (κ3) is 3.67. The lowest BCUT2D eigenvalue weighted by Crippen LogP contribution is -2.49. The molecular weight excluding hydrogens is 212 g/mol. The maximum Gasteiger partial charge on any atom is 0.0594 e. The largest absolute Gasteiger partial charge is 0.379 e. The van der Waals surface area contributed by atoms with E-state index in [0.717, 1.165) is 32.8 Å². The van der Waals surface area contributed by atoms with Crippen LogP contribution in [0.1, 0.15) is 40.0 Å². The van der Waals surface area contributed by atoms with Crippen molar-refractivity contribution in [1.82, 2.24) is 10.2 Å². The van der Waals surface area contributed by atoms with E-state index < -0.39 is 0 Å². The summed E-state index contributed by atoms with van der Waals surface area (Å²) in [6, 6.07) is 1.30. The van der Waals surface area contributed by atoms with Gasteiger partial charge in [0.25, 0.3) is 0 Å². The summed E-state index contributed by atoms with van der Waals surface area (Å²) in [5, 5.41) is 3.83. The van der Waals surface area contributed by atoms with E-state index in [1.54, 1.807) is 0 Å². The SMILES string of the molecule is CC(CN1CCOCC1)NC1CCCC1(C)C. The van der Waals surface area contributed by atoms with Crippen LogP contribution in [-0.2, 0) is 4.74 Å². The highest BCUT2D eigenvalue weighted by Gasteiger charge is 2.34. The van der Waals surface area contributed by atoms with Gasteiger partial charge in [0.05, 0.1) is 13.2 Å². The van der Waals surface area contributed by atoms with Crippen LogP contribution in [0.25, 0.3) is 0 Å². The highest BCUT2D eigenvalue weighted by Crippen LogP contribution is 2.37. The van der Waals surface area contributed by atoms with Crippen molar-refractivity contribution in [1.29, 1.82) is 0 Å². The van der Waals surface area contributed by atoms with Crippen LogP contribution in [0.5, 0.6) is 0 Å². The molecule has 2 aliphatic rings. The molecule has 1 N–H and O–H groups in total. The summed E-state index contributed by atoms with van der Waals surface area (Å²) in [5.41, 5.74) is 0.485. The van der Waals surface area contributed by atoms with Crippen molar-refractivity contribution in [2.75, 3.05) is 32.8 Å². The van der Waals surface area contributed by atoms with Crippen molar-refractivity contribution in [2.24, 2.45) is 5.41 Å². The minimum Gasteiger partial charge on any atom is -0.379 e. The van der Waals surface area contributed by atoms with Crippen molar-refractivity contribution in [3.8, 4) is 0 Å². The van der Waals surface area contributed by atoms with Crippen LogP contribution in [0.3, 0.4) is 0 Å². The van der Waals surface area contributed by atoms with Gasteiger partial charge in [-0.1, -0.05) is 20.3 Å². The van der Waals surface area contributed by atoms with Gasteiger partial charge in [0.1, 0.15) is 0 Å². The molecule has 0 radical (unpaired) electrons. The Bertz CT molecular complexity index is 236. The Morgan fingerprint density at radius 2 is 2.06 bits per heavy atom. The average Bonchev–Trinajstić information content (AvgIpc) is 2.59. The highest BCUT2D eigenvalue weighted by atomic mass is 16.5. The predicted octanol–water partition coefficient (Wildman–Crippen LogP) is 1.88. The number of rotatable bonds is 4. The summed E-state index contributed by atoms with van der Waals surface area (Å²) < 4.78 is 5.39. The van der Waals surface area contributed by atoms with Gasteiger partial charge in [0.2, 0.25) is 0 Å². The van der Waals surface area contributed by atoms with Gasteiger partial charge < -0.3 is 10.1 Å². The zero-order chi connectivity index (χ0) is 12.3. The van der Waals surface area contributed by atoms with Gasteiger partial charge in [0, 0.05) is 31.7 Å². The first-order valence-corrected chi connectivity index (χ1v) is 7.14. The average molecular weight is 240 g/mol. The van der Waals surface area contributed by atoms with Gasteiger partial charge in [0.15, 0.2) is 0 Å². The van der Waals surface area contributed by atoms with Gasteiger partial charge in [-0.05, 0) is 25.2 Å². The number of nitrogens with zero attached hydrogens (tertiary/aromatic N) is 1. The number of ether oxygens (including phenoxy) is 1. The van der Waals surface area contributed by atoms with Gasteiger partial charge in [-0.25, -0.2) is 0 Å². The second kappa shape index (κ2) is 5.68. The second-order valence-electron chi connectivity index (χ2n) is 6.41. The number of hydrogen-bond donors (Lipinski definition) is 1. The Labute approximate surface area is 106 Å². The Hall–Kier alpha value is -0.120. The molecular formula is C14H28N2O. The van der Waals surface area contributed by atoms with Crippen LogP contribution in [0, 0.1) is 5.41 Å². The quantitative estimate of drug-likeness (QED) is 0.812. The summed E-state index contributed by atoms with van der Waals surface area (Å²) in [7, 11) is 0. The lowest BCUT2D eigenvalue weighted by atomic mass is 9.87. The van der Waals surface area contributed by atoms with E-state index in [9.17, 15) is 0 Å². The van der Waals surface area contributed by atoms with Crippen molar-refractivity contribution in [3.63, 3.8) is 0 Å². The molecule has 0 amide bonds. The fourth-order valence-corrected chi connectivity index (χ4v) is 3.20. The van der Waals surface area contributed by atoms with E-state index in [1.165, 1.54) is 19.3 Å². The molecule has 0 spiro atoms. The number of morpholine rings is 1. The zero-order valence-corrected chi connectivity index (χ0v) is 11.7. The normalized spacial score (nSPS) is 31.6. The van der Waals surface area contributed by atoms with E-state index in [4.69, 9.17) is 4.74 Å². The summed E-state index contributed by atoms with van der Waals surface area (Å²) in [6.45, 7) is 12.3. The molecule has 2 atom stereocenters. The van der Waals surface area contributed by atoms with Gasteiger partial charge in [-0.3, -0.25) is 4.90 Å². The molecule has 17 heavy (non-hydrogen) atoms. The third-order valence-corrected chi connectivity index (χ3v) is 4.38. The molecule has 100 valence electrons. The second-order valence-corrected chi connectivity index (χ2v) is 6.41. The van der Waals surface area contributed by atoms with Crippen molar-refractivity contribution >= 4 is 0 Å². The molecule has 3 heteroatoms. The van der Waals surface area contributed by atoms with Crippen LogP contribution in [-0.4, -0.2) is 49.8 Å². The van der Waals surface area contributed by atoms with E-state index >= 15 is 0 Å². The summed E-state index contributed by atoms with van der Waals surface area (Å²) in [6.07, 6.45) is 4.10. The number of nitrogens with one attached hydrogen (secondary N) is 1. The lowest BCUT2D eigenvalue weighted by molar-refractivity contribution is 0.0331. The smallest absolute Gasteiger partial charge is 0.0594 e. The van der Waals surface area contributed by atoms with Crippen molar-refractivity contribution in [2.45, 2.75) is 52.1 Å². The first-order valence-electron chi connectivity index (χ1n) is 7.14. The first kappa shape index (κ1) is 13.3. The fourth-order valence-electron chi connectivity index (χ4n) is 3.20. The highest BCUT2D eigenvalue weighted by molar-refractivity contribution is 4.91. The Morgan fingerprint density at radius 1 is 1.35 bits per heavy atom. The Kier molecular flexibility index (Phi) is 4.45. The molecule has 0 bridgehead atoms. The molecule has 0 aromatic carbocycles. The molecule has 0 aromatic rings. The molecule has 1 saturated carbocycles. The standard InChI is InChI=1S/C14H28N2O/c1-12(11-16-7-9-17-10-8-16)15-13-5-4-6-14(13,2)3/h12-13,15H,4-11H2,1-3H3. The molecule has 1 aliphatic heterocycles. The van der Waals surface area contributed by atoms with Gasteiger partial charge >= 0.3 is 0 Å².